The van der Waals surface area contributed by atoms with Crippen molar-refractivity contribution < 1.29 is 0 Å². The lowest BCUT2D eigenvalue weighted by molar-refractivity contribution is 0.499. The van der Waals surface area contributed by atoms with Gasteiger partial charge >= 0.3 is 0 Å². The predicted molar refractivity (Wildman–Crippen MR) is 41.3 cm³/mol. The smallest absolute Gasteiger partial charge is 0.0256 e. The second kappa shape index (κ2) is 2.38. The van der Waals surface area contributed by atoms with Gasteiger partial charge < -0.3 is 0 Å². The molecule has 1 rings (SSSR count). The second-order valence-electron chi connectivity index (χ2n) is 3.06. The summed E-state index contributed by atoms with van der Waals surface area (Å²) in [6, 6.07) is 0. The molecule has 9 heavy (non-hydrogen) atoms. The zero-order valence-electron chi connectivity index (χ0n) is 6.11. The first-order chi connectivity index (χ1) is 4.20. The molecule has 0 bridgehead atoms. The summed E-state index contributed by atoms with van der Waals surface area (Å²) in [7, 11) is 0. The van der Waals surface area contributed by atoms with E-state index in [1.807, 2.05) is 0 Å². The Bertz CT molecular complexity index is 142. The molecule has 0 unspecified atom stereocenters. The maximum absolute atomic E-state index is 3.95. The van der Waals surface area contributed by atoms with Crippen LogP contribution in [0, 0.1) is 5.92 Å². The van der Waals surface area contributed by atoms with Crippen LogP contribution in [-0.2, 0) is 0 Å². The molecule has 0 aromatic rings. The summed E-state index contributed by atoms with van der Waals surface area (Å²) < 4.78 is 0. The summed E-state index contributed by atoms with van der Waals surface area (Å²) in [5.41, 5.74) is 2.54. The maximum Gasteiger partial charge on any atom is -0.0256 e. The third-order valence-electron chi connectivity index (χ3n) is 2.03. The molecule has 0 aliphatic heterocycles. The largest absolute Gasteiger partial charge is 0.0956 e. The highest BCUT2D eigenvalue weighted by atomic mass is 14.2. The van der Waals surface area contributed by atoms with Crippen LogP contribution in [-0.4, -0.2) is 0 Å². The van der Waals surface area contributed by atoms with Gasteiger partial charge in [-0.3, -0.25) is 0 Å². The van der Waals surface area contributed by atoms with E-state index in [2.05, 4.69) is 20.1 Å². The first-order valence-corrected chi connectivity index (χ1v) is 3.56. The summed E-state index contributed by atoms with van der Waals surface area (Å²) in [5, 5.41) is 0. The molecule has 0 N–H and O–H groups in total. The molecule has 0 spiro atoms. The third kappa shape index (κ3) is 1.44. The van der Waals surface area contributed by atoms with Crippen LogP contribution in [0.2, 0.25) is 0 Å². The van der Waals surface area contributed by atoms with Crippen LogP contribution < -0.4 is 0 Å². The normalized spacial score (nSPS) is 28.8. The van der Waals surface area contributed by atoms with Gasteiger partial charge in [-0.05, 0) is 25.2 Å². The van der Waals surface area contributed by atoms with Gasteiger partial charge in [0.05, 0.1) is 0 Å². The van der Waals surface area contributed by atoms with Crippen LogP contribution in [0.15, 0.2) is 24.3 Å². The highest BCUT2D eigenvalue weighted by Gasteiger charge is 2.13. The van der Waals surface area contributed by atoms with E-state index in [1.165, 1.54) is 30.4 Å². The minimum absolute atomic E-state index is 0.836. The lowest BCUT2D eigenvalue weighted by atomic mass is 9.85. The fraction of sp³-hybridized carbons (Fsp3) is 0.556. The van der Waals surface area contributed by atoms with E-state index < -0.39 is 0 Å². The Kier molecular flexibility index (Phi) is 1.75. The summed E-state index contributed by atoms with van der Waals surface area (Å²) in [4.78, 5) is 0. The van der Waals surface area contributed by atoms with E-state index in [4.69, 9.17) is 0 Å². The summed E-state index contributed by atoms with van der Waals surface area (Å²) >= 11 is 0. The van der Waals surface area contributed by atoms with Gasteiger partial charge in [0.2, 0.25) is 0 Å². The van der Waals surface area contributed by atoms with Crippen molar-refractivity contribution in [3.05, 3.63) is 24.3 Å². The van der Waals surface area contributed by atoms with Crippen molar-refractivity contribution in [2.75, 3.05) is 0 Å². The first kappa shape index (κ1) is 6.60. The molecular weight excluding hydrogens is 108 g/mol. The van der Waals surface area contributed by atoms with E-state index in [1.54, 1.807) is 0 Å². The fourth-order valence-electron chi connectivity index (χ4n) is 1.26. The van der Waals surface area contributed by atoms with Gasteiger partial charge in [-0.2, -0.15) is 0 Å². The predicted octanol–water partition coefficient (Wildman–Crippen LogP) is 2.92. The molecule has 0 nitrogen and oxygen atoms in total. The molecule has 1 fully saturated rings. The standard InChI is InChI=1S/C9H14/c1-7-4-5-8(2)9(3)6-7/h7H,2-6H2,1H3/t7-/m0/s1. The van der Waals surface area contributed by atoms with Crippen molar-refractivity contribution in [3.8, 4) is 0 Å². The summed E-state index contributed by atoms with van der Waals surface area (Å²) in [6.07, 6.45) is 3.64. The molecule has 50 valence electrons. The molecule has 1 atom stereocenters. The Morgan fingerprint density at radius 1 is 1.33 bits per heavy atom. The molecule has 0 radical (unpaired) electrons. The summed E-state index contributed by atoms with van der Waals surface area (Å²) in [6.45, 7) is 10.2. The number of hydrogen-bond acceptors (Lipinski definition) is 0. The molecule has 0 aromatic carbocycles. The first-order valence-electron chi connectivity index (χ1n) is 3.56. The Morgan fingerprint density at radius 3 is 2.44 bits per heavy atom. The van der Waals surface area contributed by atoms with Crippen molar-refractivity contribution in [1.29, 1.82) is 0 Å². The van der Waals surface area contributed by atoms with Gasteiger partial charge in [0.15, 0.2) is 0 Å². The molecule has 1 aliphatic carbocycles. The quantitative estimate of drug-likeness (QED) is 0.463. The minimum atomic E-state index is 0.836. The van der Waals surface area contributed by atoms with Crippen LogP contribution in [0.1, 0.15) is 26.2 Å². The van der Waals surface area contributed by atoms with Crippen LogP contribution in [0.5, 0.6) is 0 Å². The van der Waals surface area contributed by atoms with Crippen molar-refractivity contribution in [1.82, 2.24) is 0 Å². The average Bonchev–Trinajstić information content (AvgIpc) is 1.80. The Hall–Kier alpha value is -0.520. The van der Waals surface area contributed by atoms with E-state index >= 15 is 0 Å². The van der Waals surface area contributed by atoms with Crippen LogP contribution in [0.3, 0.4) is 0 Å². The van der Waals surface area contributed by atoms with Crippen LogP contribution in [0.4, 0.5) is 0 Å². The van der Waals surface area contributed by atoms with Gasteiger partial charge in [0, 0.05) is 0 Å². The second-order valence-corrected chi connectivity index (χ2v) is 3.06. The van der Waals surface area contributed by atoms with E-state index in [9.17, 15) is 0 Å². The minimum Gasteiger partial charge on any atom is -0.0956 e. The number of rotatable bonds is 0. The lowest BCUT2D eigenvalue weighted by Gasteiger charge is -2.21. The van der Waals surface area contributed by atoms with E-state index in [-0.39, 0.29) is 0 Å². The molecule has 0 aromatic heterocycles. The molecule has 0 saturated heterocycles. The zero-order valence-corrected chi connectivity index (χ0v) is 6.11. The molecule has 0 heteroatoms. The van der Waals surface area contributed by atoms with Gasteiger partial charge in [0.25, 0.3) is 0 Å². The number of allylic oxidation sites excluding steroid dienone is 2. The molecule has 1 aliphatic rings. The third-order valence-corrected chi connectivity index (χ3v) is 2.03. The SMILES string of the molecule is C=C1CC[C@H](C)CC1=C. The van der Waals surface area contributed by atoms with E-state index in [0.717, 1.165) is 5.92 Å². The monoisotopic (exact) mass is 122 g/mol. The maximum atomic E-state index is 3.95. The molecule has 1 saturated carbocycles. The van der Waals surface area contributed by atoms with Crippen LogP contribution in [0.25, 0.3) is 0 Å². The van der Waals surface area contributed by atoms with Crippen LogP contribution >= 0.6 is 0 Å². The van der Waals surface area contributed by atoms with Gasteiger partial charge in [-0.25, -0.2) is 0 Å². The fourth-order valence-corrected chi connectivity index (χ4v) is 1.26. The van der Waals surface area contributed by atoms with Gasteiger partial charge in [-0.1, -0.05) is 31.2 Å². The van der Waals surface area contributed by atoms with Crippen molar-refractivity contribution in [2.24, 2.45) is 5.92 Å². The van der Waals surface area contributed by atoms with Gasteiger partial charge in [-0.15, -0.1) is 0 Å². The Morgan fingerprint density at radius 2 is 2.00 bits per heavy atom. The Balaban J connectivity index is 2.54. The van der Waals surface area contributed by atoms with Crippen molar-refractivity contribution >= 4 is 0 Å². The molecule has 0 amide bonds. The van der Waals surface area contributed by atoms with Gasteiger partial charge in [0.1, 0.15) is 0 Å². The zero-order chi connectivity index (χ0) is 6.85. The topological polar surface area (TPSA) is 0 Å². The highest BCUT2D eigenvalue weighted by Crippen LogP contribution is 2.29. The Labute approximate surface area is 57.3 Å². The van der Waals surface area contributed by atoms with Crippen molar-refractivity contribution in [3.63, 3.8) is 0 Å². The molecule has 0 heterocycles. The highest BCUT2D eigenvalue weighted by molar-refractivity contribution is 5.27. The number of hydrogen-bond donors (Lipinski definition) is 0. The molecular formula is C9H14. The lowest BCUT2D eigenvalue weighted by Crippen LogP contribution is -2.05. The van der Waals surface area contributed by atoms with E-state index in [0.29, 0.717) is 0 Å². The summed E-state index contributed by atoms with van der Waals surface area (Å²) in [5.74, 6) is 0.836. The average molecular weight is 122 g/mol. The van der Waals surface area contributed by atoms with Crippen molar-refractivity contribution in [2.45, 2.75) is 26.2 Å².